The number of ether oxygens (including phenoxy) is 1. The molecule has 1 saturated heterocycles. The van der Waals surface area contributed by atoms with Gasteiger partial charge in [0.2, 0.25) is 0 Å². The standard InChI is InChI=1S/C40H41O3P/c1-27-22-24-43-40(27)23-21-37-35-19-15-29-25-30(41)16-20-34(29)38(35)36(26-39(37,40)2)28-13-17-33(18-14-28)44(42,31-9-5-3-6-10-31)32-11-7-4-8-12-32/h3-15,17-18,35-37H,1,16,19-26H2,2H3/t35-,36+,37-,39-,40+/m0/s1. The average Bonchev–Trinajstić information content (AvgIpc) is 3.59. The van der Waals surface area contributed by atoms with E-state index in [1.165, 1.54) is 28.7 Å². The minimum absolute atomic E-state index is 0.00214. The zero-order valence-electron chi connectivity index (χ0n) is 25.6. The third kappa shape index (κ3) is 3.98. The molecule has 3 saturated carbocycles. The third-order valence-electron chi connectivity index (χ3n) is 12.1. The number of allylic oxidation sites excluding steroid dienone is 4. The van der Waals surface area contributed by atoms with Crippen LogP contribution in [-0.4, -0.2) is 18.0 Å². The number of Topliss-reactive ketones (excluding diaryl/α,β-unsaturated/α-hetero) is 1. The lowest BCUT2D eigenvalue weighted by Crippen LogP contribution is -2.51. The Kier molecular flexibility index (Phi) is 6.67. The molecule has 0 radical (unpaired) electrons. The molecule has 4 fully saturated rings. The number of fused-ring (bicyclic) bond motifs is 5. The van der Waals surface area contributed by atoms with E-state index in [1.807, 2.05) is 60.7 Å². The van der Waals surface area contributed by atoms with Crippen LogP contribution >= 0.6 is 7.14 Å². The van der Waals surface area contributed by atoms with Crippen molar-refractivity contribution in [2.24, 2.45) is 17.3 Å². The molecule has 4 aliphatic carbocycles. The van der Waals surface area contributed by atoms with Gasteiger partial charge in [-0.2, -0.15) is 0 Å². The van der Waals surface area contributed by atoms with E-state index in [9.17, 15) is 4.79 Å². The summed E-state index contributed by atoms with van der Waals surface area (Å²) in [5, 5.41) is 2.58. The molecule has 8 rings (SSSR count). The monoisotopic (exact) mass is 600 g/mol. The first-order valence-electron chi connectivity index (χ1n) is 16.4. The summed E-state index contributed by atoms with van der Waals surface area (Å²) in [5.74, 6) is 1.61. The number of carbonyl (C=O) groups excluding carboxylic acids is 1. The van der Waals surface area contributed by atoms with Crippen LogP contribution < -0.4 is 15.9 Å². The van der Waals surface area contributed by atoms with Crippen molar-refractivity contribution in [3.8, 4) is 0 Å². The van der Waals surface area contributed by atoms with Crippen molar-refractivity contribution in [3.63, 3.8) is 0 Å². The van der Waals surface area contributed by atoms with Gasteiger partial charge in [-0.1, -0.05) is 110 Å². The van der Waals surface area contributed by atoms with E-state index in [0.717, 1.165) is 54.6 Å². The van der Waals surface area contributed by atoms with Gasteiger partial charge in [0.05, 0.1) is 12.2 Å². The van der Waals surface area contributed by atoms with Gasteiger partial charge in [0, 0.05) is 40.1 Å². The normalized spacial score (nSPS) is 31.5. The van der Waals surface area contributed by atoms with Gasteiger partial charge in [0.1, 0.15) is 5.78 Å². The Hall–Kier alpha value is -3.26. The summed E-state index contributed by atoms with van der Waals surface area (Å²) in [6, 6.07) is 28.6. The molecule has 1 heterocycles. The summed E-state index contributed by atoms with van der Waals surface area (Å²) in [6.07, 6.45) is 9.71. The van der Waals surface area contributed by atoms with Crippen molar-refractivity contribution in [1.82, 2.24) is 0 Å². The van der Waals surface area contributed by atoms with Gasteiger partial charge in [0.15, 0.2) is 7.14 Å². The molecule has 0 amide bonds. The predicted molar refractivity (Wildman–Crippen MR) is 179 cm³/mol. The van der Waals surface area contributed by atoms with Crippen LogP contribution in [0.15, 0.2) is 120 Å². The summed E-state index contributed by atoms with van der Waals surface area (Å²) in [7, 11) is -3.05. The summed E-state index contributed by atoms with van der Waals surface area (Å²) >= 11 is 0. The quantitative estimate of drug-likeness (QED) is 0.226. The van der Waals surface area contributed by atoms with Gasteiger partial charge in [-0.15, -0.1) is 0 Å². The summed E-state index contributed by atoms with van der Waals surface area (Å²) in [4.78, 5) is 12.5. The lowest BCUT2D eigenvalue weighted by atomic mass is 9.51. The highest BCUT2D eigenvalue weighted by Crippen LogP contribution is 2.69. The minimum atomic E-state index is -3.05. The zero-order valence-corrected chi connectivity index (χ0v) is 26.5. The number of hydrogen-bond acceptors (Lipinski definition) is 3. The van der Waals surface area contributed by atoms with Crippen molar-refractivity contribution in [2.75, 3.05) is 6.61 Å². The van der Waals surface area contributed by atoms with Crippen LogP contribution in [-0.2, 0) is 14.1 Å². The van der Waals surface area contributed by atoms with Gasteiger partial charge in [-0.25, -0.2) is 0 Å². The molecule has 4 heteroatoms. The maximum Gasteiger partial charge on any atom is 0.171 e. The molecule has 1 aliphatic heterocycles. The highest BCUT2D eigenvalue weighted by Gasteiger charge is 2.65. The Balaban J connectivity index is 1.25. The molecule has 1 spiro atoms. The Morgan fingerprint density at radius 2 is 1.52 bits per heavy atom. The van der Waals surface area contributed by atoms with Gasteiger partial charge in [-0.3, -0.25) is 4.79 Å². The van der Waals surface area contributed by atoms with E-state index >= 15 is 4.57 Å². The summed E-state index contributed by atoms with van der Waals surface area (Å²) in [5.41, 5.74) is 6.66. The van der Waals surface area contributed by atoms with Crippen LogP contribution in [0, 0.1) is 17.3 Å². The van der Waals surface area contributed by atoms with Crippen molar-refractivity contribution < 1.29 is 14.1 Å². The van der Waals surface area contributed by atoms with E-state index in [-0.39, 0.29) is 16.9 Å². The van der Waals surface area contributed by atoms with Crippen LogP contribution in [0.4, 0.5) is 0 Å². The van der Waals surface area contributed by atoms with Crippen molar-refractivity contribution in [2.45, 2.75) is 69.8 Å². The molecule has 0 aromatic heterocycles. The van der Waals surface area contributed by atoms with E-state index in [4.69, 9.17) is 4.74 Å². The number of ketones is 1. The molecule has 5 aliphatic rings. The number of benzene rings is 3. The molecule has 3 aromatic carbocycles. The van der Waals surface area contributed by atoms with Crippen LogP contribution in [0.3, 0.4) is 0 Å². The fourth-order valence-electron chi connectivity index (χ4n) is 9.99. The van der Waals surface area contributed by atoms with Gasteiger partial charge >= 0.3 is 0 Å². The first-order chi connectivity index (χ1) is 21.3. The second kappa shape index (κ2) is 10.4. The molecule has 3 nitrogen and oxygen atoms in total. The Morgan fingerprint density at radius 3 is 2.16 bits per heavy atom. The maximum atomic E-state index is 15.1. The van der Waals surface area contributed by atoms with Gasteiger partial charge in [0.25, 0.3) is 0 Å². The van der Waals surface area contributed by atoms with Crippen LogP contribution in [0.2, 0.25) is 0 Å². The molecule has 0 bridgehead atoms. The Labute approximate surface area is 261 Å². The van der Waals surface area contributed by atoms with Gasteiger partial charge < -0.3 is 9.30 Å². The van der Waals surface area contributed by atoms with Crippen LogP contribution in [0.1, 0.15) is 69.8 Å². The average molecular weight is 601 g/mol. The molecule has 3 aromatic rings. The fourth-order valence-corrected chi connectivity index (χ4v) is 12.6. The molecule has 0 N–H and O–H groups in total. The van der Waals surface area contributed by atoms with Crippen LogP contribution in [0.25, 0.3) is 0 Å². The third-order valence-corrected chi connectivity index (χ3v) is 15.1. The number of rotatable bonds is 4. The Morgan fingerprint density at radius 1 is 0.864 bits per heavy atom. The molecular weight excluding hydrogens is 559 g/mol. The fraction of sp³-hybridized carbons (Fsp3) is 0.375. The van der Waals surface area contributed by atoms with E-state index in [2.05, 4.69) is 43.8 Å². The highest BCUT2D eigenvalue weighted by molar-refractivity contribution is 7.85. The minimum Gasteiger partial charge on any atom is -0.370 e. The highest BCUT2D eigenvalue weighted by atomic mass is 31.2. The molecule has 44 heavy (non-hydrogen) atoms. The zero-order chi connectivity index (χ0) is 30.1. The number of hydrogen-bond donors (Lipinski definition) is 0. The molecule has 224 valence electrons. The predicted octanol–water partition coefficient (Wildman–Crippen LogP) is 7.94. The van der Waals surface area contributed by atoms with E-state index in [1.54, 1.807) is 5.57 Å². The smallest absolute Gasteiger partial charge is 0.171 e. The first-order valence-corrected chi connectivity index (χ1v) is 18.1. The van der Waals surface area contributed by atoms with Crippen molar-refractivity contribution in [3.05, 3.63) is 125 Å². The first kappa shape index (κ1) is 28.2. The Bertz CT molecular complexity index is 1710. The van der Waals surface area contributed by atoms with Gasteiger partial charge in [-0.05, 0) is 72.6 Å². The summed E-state index contributed by atoms with van der Waals surface area (Å²) < 4.78 is 21.8. The van der Waals surface area contributed by atoms with Crippen molar-refractivity contribution >= 4 is 28.8 Å². The van der Waals surface area contributed by atoms with E-state index in [0.29, 0.717) is 30.5 Å². The molecule has 5 atom stereocenters. The second-order valence-electron chi connectivity index (χ2n) is 13.9. The van der Waals surface area contributed by atoms with Crippen molar-refractivity contribution in [1.29, 1.82) is 0 Å². The number of carbonyl (C=O) groups is 1. The molecule has 0 unspecified atom stereocenters. The SMILES string of the molecule is C=C1CCO[C@]12CC[C@H]1[C@@H]3CC=C4CC(=O)CCC4=C3[C@@H](c3ccc(P(=O)(c4ccccc4)c4ccccc4)cc3)C[C@@]12C. The largest absolute Gasteiger partial charge is 0.370 e. The molecular formula is C40H41O3P. The second-order valence-corrected chi connectivity index (χ2v) is 16.7. The maximum absolute atomic E-state index is 15.1. The van der Waals surface area contributed by atoms with E-state index < -0.39 is 7.14 Å². The topological polar surface area (TPSA) is 43.4 Å². The van der Waals surface area contributed by atoms with Crippen LogP contribution in [0.5, 0.6) is 0 Å². The lowest BCUT2D eigenvalue weighted by molar-refractivity contribution is -0.118. The summed E-state index contributed by atoms with van der Waals surface area (Å²) in [6.45, 7) is 7.85. The lowest BCUT2D eigenvalue weighted by Gasteiger charge is -2.55.